The molecule has 0 amide bonds. The average molecular weight is 355 g/mol. The number of benzene rings is 2. The summed E-state index contributed by atoms with van der Waals surface area (Å²) < 4.78 is 0. The van der Waals surface area contributed by atoms with E-state index in [1.54, 1.807) is 0 Å². The maximum Gasteiger partial charge on any atom is 0.195 e. The fourth-order valence-corrected chi connectivity index (χ4v) is 2.31. The zero-order valence-corrected chi connectivity index (χ0v) is 17.0. The normalized spacial score (nSPS) is 9.27. The molecule has 0 fully saturated rings. The number of rotatable bonds is 7. The van der Waals surface area contributed by atoms with E-state index in [4.69, 9.17) is 0 Å². The van der Waals surface area contributed by atoms with Crippen LogP contribution in [0.1, 0.15) is 62.8 Å². The highest BCUT2D eigenvalue weighted by Gasteiger charge is 1.99. The van der Waals surface area contributed by atoms with Crippen LogP contribution < -0.4 is 0 Å². The molecule has 0 aliphatic heterocycles. The Balaban J connectivity index is 0.000000444. The standard InChI is InChI=1S/C11H12O2.C11H16.C2H6/c1-9-2-4-10(5-3-9)6-7-11(13)8-12;1-3-5-11-8-6-10(4-2)7-9-11;1-2/h2-5,8H,6-7H2,1H3;6-9H,3-5H2,1-2H3;1-2H3. The van der Waals surface area contributed by atoms with Crippen LogP contribution in [0.3, 0.4) is 0 Å². The molecule has 0 unspecified atom stereocenters. The quantitative estimate of drug-likeness (QED) is 0.456. The third kappa shape index (κ3) is 10.6. The third-order valence-corrected chi connectivity index (χ3v) is 3.88. The molecular formula is C24H34O2. The number of Topliss-reactive ketones (excluding diaryl/α,β-unsaturated/α-hetero) is 1. The Morgan fingerprint density at radius 2 is 1.27 bits per heavy atom. The van der Waals surface area contributed by atoms with Crippen LogP contribution in [0, 0.1) is 6.92 Å². The lowest BCUT2D eigenvalue weighted by atomic mass is 10.1. The van der Waals surface area contributed by atoms with Gasteiger partial charge in [-0.3, -0.25) is 9.59 Å². The minimum atomic E-state index is -0.333. The van der Waals surface area contributed by atoms with E-state index in [1.165, 1.54) is 29.5 Å². The Hall–Kier alpha value is -2.22. The van der Waals surface area contributed by atoms with E-state index in [2.05, 4.69) is 38.1 Å². The van der Waals surface area contributed by atoms with Gasteiger partial charge in [0.05, 0.1) is 0 Å². The Morgan fingerprint density at radius 3 is 1.73 bits per heavy atom. The van der Waals surface area contributed by atoms with Crippen molar-refractivity contribution in [1.82, 2.24) is 0 Å². The van der Waals surface area contributed by atoms with Crippen molar-refractivity contribution in [3.63, 3.8) is 0 Å². The van der Waals surface area contributed by atoms with E-state index in [-0.39, 0.29) is 5.78 Å². The second kappa shape index (κ2) is 15.1. The summed E-state index contributed by atoms with van der Waals surface area (Å²) in [6.45, 7) is 10.4. The zero-order valence-electron chi connectivity index (χ0n) is 17.0. The van der Waals surface area contributed by atoms with Gasteiger partial charge in [-0.1, -0.05) is 88.2 Å². The number of carbonyl (C=O) groups excluding carboxylic acids is 2. The molecule has 0 atom stereocenters. The van der Waals surface area contributed by atoms with Crippen LogP contribution in [0.25, 0.3) is 0 Å². The lowest BCUT2D eigenvalue weighted by Crippen LogP contribution is -2.00. The van der Waals surface area contributed by atoms with Gasteiger partial charge in [0.2, 0.25) is 0 Å². The first-order valence-electron chi connectivity index (χ1n) is 9.70. The van der Waals surface area contributed by atoms with Gasteiger partial charge in [-0.25, -0.2) is 0 Å². The second-order valence-corrected chi connectivity index (χ2v) is 5.99. The van der Waals surface area contributed by atoms with Gasteiger partial charge in [0, 0.05) is 6.42 Å². The molecule has 0 saturated heterocycles. The molecule has 0 aliphatic rings. The number of hydrogen-bond donors (Lipinski definition) is 0. The predicted molar refractivity (Wildman–Crippen MR) is 112 cm³/mol. The fraction of sp³-hybridized carbons (Fsp3) is 0.417. The molecule has 0 heterocycles. The number of aryl methyl sites for hydroxylation is 4. The van der Waals surface area contributed by atoms with E-state index in [0.717, 1.165) is 12.0 Å². The van der Waals surface area contributed by atoms with Crippen molar-refractivity contribution in [2.24, 2.45) is 0 Å². The topological polar surface area (TPSA) is 34.1 Å². The third-order valence-electron chi connectivity index (χ3n) is 3.88. The van der Waals surface area contributed by atoms with Crippen molar-refractivity contribution in [3.8, 4) is 0 Å². The van der Waals surface area contributed by atoms with Gasteiger partial charge >= 0.3 is 0 Å². The van der Waals surface area contributed by atoms with E-state index in [0.29, 0.717) is 19.1 Å². The molecule has 142 valence electrons. The zero-order chi connectivity index (χ0) is 19.8. The van der Waals surface area contributed by atoms with Crippen LogP contribution in [0.4, 0.5) is 0 Å². The summed E-state index contributed by atoms with van der Waals surface area (Å²) in [7, 11) is 0. The van der Waals surface area contributed by atoms with Crippen LogP contribution in [-0.4, -0.2) is 12.1 Å². The summed E-state index contributed by atoms with van der Waals surface area (Å²) in [6.07, 6.45) is 4.94. The highest BCUT2D eigenvalue weighted by Crippen LogP contribution is 2.07. The Labute approximate surface area is 159 Å². The monoisotopic (exact) mass is 354 g/mol. The largest absolute Gasteiger partial charge is 0.295 e. The maximum absolute atomic E-state index is 10.7. The number of hydrogen-bond acceptors (Lipinski definition) is 2. The van der Waals surface area contributed by atoms with Gasteiger partial charge in [-0.2, -0.15) is 0 Å². The van der Waals surface area contributed by atoms with Crippen molar-refractivity contribution in [2.45, 2.75) is 66.7 Å². The Bertz CT molecular complexity index is 610. The smallest absolute Gasteiger partial charge is 0.195 e. The lowest BCUT2D eigenvalue weighted by molar-refractivity contribution is -0.129. The van der Waals surface area contributed by atoms with Gasteiger partial charge in [-0.15, -0.1) is 0 Å². The van der Waals surface area contributed by atoms with Crippen LogP contribution in [0.15, 0.2) is 48.5 Å². The SMILES string of the molecule is CC.CCCc1ccc(CC)cc1.Cc1ccc(CCC(=O)C=O)cc1. The van der Waals surface area contributed by atoms with Crippen molar-refractivity contribution in [2.75, 3.05) is 0 Å². The van der Waals surface area contributed by atoms with E-state index in [1.807, 2.05) is 45.0 Å². The molecule has 2 heteroatoms. The van der Waals surface area contributed by atoms with Crippen LogP contribution in [0.2, 0.25) is 0 Å². The van der Waals surface area contributed by atoms with Crippen LogP contribution in [0.5, 0.6) is 0 Å². The van der Waals surface area contributed by atoms with Gasteiger partial charge < -0.3 is 0 Å². The molecule has 0 bridgehead atoms. The van der Waals surface area contributed by atoms with E-state index in [9.17, 15) is 9.59 Å². The van der Waals surface area contributed by atoms with Crippen molar-refractivity contribution in [3.05, 3.63) is 70.8 Å². The first-order chi connectivity index (χ1) is 12.6. The molecule has 0 aliphatic carbocycles. The molecule has 2 aromatic carbocycles. The number of carbonyl (C=O) groups is 2. The summed E-state index contributed by atoms with van der Waals surface area (Å²) in [5.74, 6) is -0.333. The minimum absolute atomic E-state index is 0.312. The highest BCUT2D eigenvalue weighted by atomic mass is 16.2. The van der Waals surface area contributed by atoms with E-state index < -0.39 is 0 Å². The lowest BCUT2D eigenvalue weighted by Gasteiger charge is -1.99. The average Bonchev–Trinajstić information content (AvgIpc) is 2.70. The van der Waals surface area contributed by atoms with Crippen molar-refractivity contribution < 1.29 is 9.59 Å². The number of aldehydes is 1. The molecule has 0 aromatic heterocycles. The van der Waals surface area contributed by atoms with Gasteiger partial charge in [-0.05, 0) is 42.9 Å². The minimum Gasteiger partial charge on any atom is -0.295 e. The van der Waals surface area contributed by atoms with Gasteiger partial charge in [0.1, 0.15) is 0 Å². The Morgan fingerprint density at radius 1 is 0.808 bits per heavy atom. The second-order valence-electron chi connectivity index (χ2n) is 5.99. The Kier molecular flexibility index (Phi) is 13.8. The number of ketones is 1. The highest BCUT2D eigenvalue weighted by molar-refractivity contribution is 6.24. The summed E-state index contributed by atoms with van der Waals surface area (Å²) in [5.41, 5.74) is 5.20. The van der Waals surface area contributed by atoms with Gasteiger partial charge in [0.15, 0.2) is 12.1 Å². The summed E-state index contributed by atoms with van der Waals surface area (Å²) in [6, 6.07) is 16.9. The summed E-state index contributed by atoms with van der Waals surface area (Å²) in [5, 5.41) is 0. The summed E-state index contributed by atoms with van der Waals surface area (Å²) in [4.78, 5) is 20.7. The van der Waals surface area contributed by atoms with Crippen molar-refractivity contribution in [1.29, 1.82) is 0 Å². The van der Waals surface area contributed by atoms with Crippen molar-refractivity contribution >= 4 is 12.1 Å². The molecule has 0 N–H and O–H groups in total. The maximum atomic E-state index is 10.7. The molecule has 2 nitrogen and oxygen atoms in total. The molecule has 2 aromatic rings. The predicted octanol–water partition coefficient (Wildman–Crippen LogP) is 5.92. The van der Waals surface area contributed by atoms with Crippen LogP contribution in [-0.2, 0) is 28.9 Å². The van der Waals surface area contributed by atoms with Gasteiger partial charge in [0.25, 0.3) is 0 Å². The molecule has 26 heavy (non-hydrogen) atoms. The summed E-state index contributed by atoms with van der Waals surface area (Å²) >= 11 is 0. The first kappa shape index (κ1) is 23.8. The molecule has 0 saturated carbocycles. The first-order valence-corrected chi connectivity index (χ1v) is 9.70. The molecule has 2 rings (SSSR count). The molecular weight excluding hydrogens is 320 g/mol. The van der Waals surface area contributed by atoms with E-state index >= 15 is 0 Å². The van der Waals surface area contributed by atoms with Crippen LogP contribution >= 0.6 is 0 Å². The fourth-order valence-electron chi connectivity index (χ4n) is 2.31. The molecule has 0 spiro atoms. The molecule has 0 radical (unpaired) electrons.